The van der Waals surface area contributed by atoms with Gasteiger partial charge in [-0.2, -0.15) is 0 Å². The Labute approximate surface area is 90.1 Å². The predicted molar refractivity (Wildman–Crippen MR) is 60.0 cm³/mol. The molecule has 1 aromatic carbocycles. The van der Waals surface area contributed by atoms with E-state index in [1.54, 1.807) is 6.07 Å². The number of rotatable bonds is 3. The fraction of sp³-hybridized carbons (Fsp3) is 0.417. The highest BCUT2D eigenvalue weighted by Gasteiger charge is 2.13. The number of hydrogen-bond donors (Lipinski definition) is 0. The summed E-state index contributed by atoms with van der Waals surface area (Å²) >= 11 is 5.95. The van der Waals surface area contributed by atoms with Crippen LogP contribution in [-0.2, 0) is 0 Å². The molecule has 0 bridgehead atoms. The van der Waals surface area contributed by atoms with Gasteiger partial charge in [-0.1, -0.05) is 37.6 Å². The van der Waals surface area contributed by atoms with E-state index >= 15 is 0 Å². The van der Waals surface area contributed by atoms with Gasteiger partial charge in [0.2, 0.25) is 0 Å². The first-order chi connectivity index (χ1) is 6.56. The summed E-state index contributed by atoms with van der Waals surface area (Å²) in [6.07, 6.45) is 0.865. The second-order valence-corrected chi connectivity index (χ2v) is 4.04. The topological polar surface area (TPSA) is 17.1 Å². The van der Waals surface area contributed by atoms with E-state index in [-0.39, 0.29) is 11.7 Å². The Morgan fingerprint density at radius 2 is 2.14 bits per heavy atom. The Kier molecular flexibility index (Phi) is 3.70. The Balaban J connectivity index is 2.97. The van der Waals surface area contributed by atoms with Crippen LogP contribution in [0, 0.1) is 12.8 Å². The van der Waals surface area contributed by atoms with Gasteiger partial charge in [-0.25, -0.2) is 0 Å². The number of benzene rings is 1. The van der Waals surface area contributed by atoms with Gasteiger partial charge in [-0.3, -0.25) is 4.79 Å². The van der Waals surface area contributed by atoms with Crippen molar-refractivity contribution in [2.75, 3.05) is 0 Å². The number of aryl methyl sites for hydroxylation is 1. The lowest BCUT2D eigenvalue weighted by Crippen LogP contribution is -2.10. The van der Waals surface area contributed by atoms with Gasteiger partial charge in [0.15, 0.2) is 5.78 Å². The molecule has 1 nitrogen and oxygen atoms in total. The van der Waals surface area contributed by atoms with Gasteiger partial charge in [-0.05, 0) is 25.0 Å². The molecule has 0 amide bonds. The summed E-state index contributed by atoms with van der Waals surface area (Å²) in [5, 5.41) is 0.666. The summed E-state index contributed by atoms with van der Waals surface area (Å²) in [5.41, 5.74) is 1.72. The average Bonchev–Trinajstić information content (AvgIpc) is 2.20. The largest absolute Gasteiger partial charge is 0.294 e. The van der Waals surface area contributed by atoms with E-state index in [9.17, 15) is 4.79 Å². The molecule has 0 saturated heterocycles. The number of hydrogen-bond acceptors (Lipinski definition) is 1. The van der Waals surface area contributed by atoms with E-state index in [1.807, 2.05) is 32.9 Å². The van der Waals surface area contributed by atoms with Crippen LogP contribution in [0.25, 0.3) is 0 Å². The van der Waals surface area contributed by atoms with E-state index in [0.29, 0.717) is 5.02 Å². The zero-order valence-electron chi connectivity index (χ0n) is 8.80. The maximum absolute atomic E-state index is 11.8. The van der Waals surface area contributed by atoms with Gasteiger partial charge >= 0.3 is 0 Å². The van der Waals surface area contributed by atoms with Gasteiger partial charge < -0.3 is 0 Å². The molecule has 0 N–H and O–H groups in total. The molecule has 0 radical (unpaired) electrons. The Hall–Kier alpha value is -0.820. The van der Waals surface area contributed by atoms with Crippen LogP contribution in [0.3, 0.4) is 0 Å². The number of halogens is 1. The molecular formula is C12H15ClO. The number of ketones is 1. The van der Waals surface area contributed by atoms with Crippen molar-refractivity contribution in [3.63, 3.8) is 0 Å². The summed E-state index contributed by atoms with van der Waals surface area (Å²) < 4.78 is 0. The van der Waals surface area contributed by atoms with Crippen molar-refractivity contribution in [3.05, 3.63) is 34.3 Å². The Morgan fingerprint density at radius 1 is 1.50 bits per heavy atom. The summed E-state index contributed by atoms with van der Waals surface area (Å²) in [6, 6.07) is 5.49. The van der Waals surface area contributed by atoms with Crippen LogP contribution in [0.15, 0.2) is 18.2 Å². The molecular weight excluding hydrogens is 196 g/mol. The van der Waals surface area contributed by atoms with E-state index in [1.165, 1.54) is 0 Å². The SMILES string of the molecule is CCC(C)C(=O)c1ccc(C)c(Cl)c1. The monoisotopic (exact) mass is 210 g/mol. The highest BCUT2D eigenvalue weighted by molar-refractivity contribution is 6.31. The number of carbonyl (C=O) groups is 1. The fourth-order valence-corrected chi connectivity index (χ4v) is 1.40. The lowest BCUT2D eigenvalue weighted by Gasteiger charge is -2.08. The van der Waals surface area contributed by atoms with Gasteiger partial charge in [0, 0.05) is 16.5 Å². The third-order valence-electron chi connectivity index (χ3n) is 2.52. The molecule has 14 heavy (non-hydrogen) atoms. The molecule has 0 heterocycles. The maximum Gasteiger partial charge on any atom is 0.165 e. The molecule has 0 aliphatic rings. The van der Waals surface area contributed by atoms with Crippen molar-refractivity contribution in [2.24, 2.45) is 5.92 Å². The number of carbonyl (C=O) groups excluding carboxylic acids is 1. The van der Waals surface area contributed by atoms with Crippen molar-refractivity contribution >= 4 is 17.4 Å². The van der Waals surface area contributed by atoms with Crippen LogP contribution in [-0.4, -0.2) is 5.78 Å². The fourth-order valence-electron chi connectivity index (χ4n) is 1.22. The third kappa shape index (κ3) is 2.36. The van der Waals surface area contributed by atoms with Crippen LogP contribution in [0.1, 0.15) is 36.2 Å². The summed E-state index contributed by atoms with van der Waals surface area (Å²) in [5.74, 6) is 0.253. The second-order valence-electron chi connectivity index (χ2n) is 3.64. The lowest BCUT2D eigenvalue weighted by atomic mass is 9.97. The molecule has 1 unspecified atom stereocenters. The number of Topliss-reactive ketones (excluding diaryl/α,β-unsaturated/α-hetero) is 1. The highest BCUT2D eigenvalue weighted by Crippen LogP contribution is 2.19. The summed E-state index contributed by atoms with van der Waals surface area (Å²) in [4.78, 5) is 11.8. The van der Waals surface area contributed by atoms with Crippen molar-refractivity contribution < 1.29 is 4.79 Å². The van der Waals surface area contributed by atoms with Gasteiger partial charge in [-0.15, -0.1) is 0 Å². The molecule has 76 valence electrons. The quantitative estimate of drug-likeness (QED) is 0.692. The van der Waals surface area contributed by atoms with Gasteiger partial charge in [0.05, 0.1) is 0 Å². The van der Waals surface area contributed by atoms with Crippen LogP contribution >= 0.6 is 11.6 Å². The molecule has 0 spiro atoms. The second kappa shape index (κ2) is 4.61. The van der Waals surface area contributed by atoms with Crippen LogP contribution in [0.4, 0.5) is 0 Å². The molecule has 1 aromatic rings. The van der Waals surface area contributed by atoms with E-state index in [2.05, 4.69) is 0 Å². The van der Waals surface area contributed by atoms with Crippen molar-refractivity contribution in [1.82, 2.24) is 0 Å². The maximum atomic E-state index is 11.8. The van der Waals surface area contributed by atoms with Gasteiger partial charge in [0.25, 0.3) is 0 Å². The minimum absolute atomic E-state index is 0.0776. The zero-order valence-corrected chi connectivity index (χ0v) is 9.56. The Morgan fingerprint density at radius 3 is 2.64 bits per heavy atom. The van der Waals surface area contributed by atoms with E-state index in [4.69, 9.17) is 11.6 Å². The first-order valence-electron chi connectivity index (χ1n) is 4.86. The molecule has 2 heteroatoms. The minimum atomic E-state index is 0.0776. The molecule has 0 aliphatic carbocycles. The molecule has 1 rings (SSSR count). The molecule has 0 aliphatic heterocycles. The van der Waals surface area contributed by atoms with E-state index < -0.39 is 0 Å². The molecule has 1 atom stereocenters. The summed E-state index contributed by atoms with van der Waals surface area (Å²) in [7, 11) is 0. The normalized spacial score (nSPS) is 12.6. The summed E-state index contributed by atoms with van der Waals surface area (Å²) in [6.45, 7) is 5.88. The standard InChI is InChI=1S/C12H15ClO/c1-4-8(2)12(14)10-6-5-9(3)11(13)7-10/h5-8H,4H2,1-3H3. The Bertz CT molecular complexity index is 344. The molecule has 0 fully saturated rings. The highest BCUT2D eigenvalue weighted by atomic mass is 35.5. The first kappa shape index (κ1) is 11.3. The van der Waals surface area contributed by atoms with E-state index in [0.717, 1.165) is 17.5 Å². The van der Waals surface area contributed by atoms with Crippen molar-refractivity contribution in [1.29, 1.82) is 0 Å². The zero-order chi connectivity index (χ0) is 10.7. The average molecular weight is 211 g/mol. The molecule has 0 saturated carbocycles. The molecule has 0 aromatic heterocycles. The first-order valence-corrected chi connectivity index (χ1v) is 5.24. The smallest absolute Gasteiger partial charge is 0.165 e. The van der Waals surface area contributed by atoms with Gasteiger partial charge in [0.1, 0.15) is 0 Å². The van der Waals surface area contributed by atoms with Crippen molar-refractivity contribution in [3.8, 4) is 0 Å². The lowest BCUT2D eigenvalue weighted by molar-refractivity contribution is 0.0927. The minimum Gasteiger partial charge on any atom is -0.294 e. The van der Waals surface area contributed by atoms with Crippen molar-refractivity contribution in [2.45, 2.75) is 27.2 Å². The van der Waals surface area contributed by atoms with Crippen LogP contribution < -0.4 is 0 Å². The third-order valence-corrected chi connectivity index (χ3v) is 2.92. The van der Waals surface area contributed by atoms with Crippen LogP contribution in [0.2, 0.25) is 5.02 Å². The van der Waals surface area contributed by atoms with Crippen LogP contribution in [0.5, 0.6) is 0 Å². The predicted octanol–water partition coefficient (Wildman–Crippen LogP) is 3.88.